The molecule has 2 atom stereocenters. The summed E-state index contributed by atoms with van der Waals surface area (Å²) >= 11 is 0. The van der Waals surface area contributed by atoms with Crippen molar-refractivity contribution in [1.82, 2.24) is 5.32 Å². The molecule has 0 spiro atoms. The molecule has 1 N–H and O–H groups in total. The Labute approximate surface area is 120 Å². The fraction of sp³-hybridized carbons (Fsp3) is 0.625. The topological polar surface area (TPSA) is 39.7 Å². The van der Waals surface area contributed by atoms with Crippen molar-refractivity contribution in [1.29, 1.82) is 0 Å². The van der Waals surface area contributed by atoms with E-state index >= 15 is 0 Å². The summed E-state index contributed by atoms with van der Waals surface area (Å²) in [6, 6.07) is 6.47. The van der Waals surface area contributed by atoms with E-state index in [1.54, 1.807) is 7.11 Å². The molecule has 0 radical (unpaired) electrons. The normalized spacial score (nSPS) is 26.7. The first kappa shape index (κ1) is 13.7. The Balaban J connectivity index is 1.83. The summed E-state index contributed by atoms with van der Waals surface area (Å²) < 4.78 is 17.0. The van der Waals surface area contributed by atoms with E-state index in [9.17, 15) is 0 Å². The van der Waals surface area contributed by atoms with Crippen molar-refractivity contribution in [3.8, 4) is 11.5 Å². The average molecular weight is 277 g/mol. The van der Waals surface area contributed by atoms with Crippen molar-refractivity contribution < 1.29 is 14.2 Å². The maximum atomic E-state index is 6.27. The number of rotatable bonds is 3. The maximum absolute atomic E-state index is 6.27. The summed E-state index contributed by atoms with van der Waals surface area (Å²) in [5.74, 6) is 2.41. The predicted octanol–water partition coefficient (Wildman–Crippen LogP) is 2.53. The smallest absolute Gasteiger partial charge is 0.128 e. The number of methoxy groups -OCH3 is 1. The fourth-order valence-electron chi connectivity index (χ4n) is 3.25. The van der Waals surface area contributed by atoms with Crippen molar-refractivity contribution >= 4 is 0 Å². The Morgan fingerprint density at radius 1 is 1.25 bits per heavy atom. The number of nitrogens with one attached hydrogen (secondary N) is 1. The lowest BCUT2D eigenvalue weighted by atomic mass is 9.86. The lowest BCUT2D eigenvalue weighted by Gasteiger charge is -2.37. The summed E-state index contributed by atoms with van der Waals surface area (Å²) in [7, 11) is 3.71. The van der Waals surface area contributed by atoms with Crippen LogP contribution in [0, 0.1) is 5.92 Å². The van der Waals surface area contributed by atoms with Crippen LogP contribution in [-0.4, -0.2) is 33.5 Å². The van der Waals surface area contributed by atoms with Gasteiger partial charge < -0.3 is 19.5 Å². The van der Waals surface area contributed by atoms with Crippen LogP contribution in [0.3, 0.4) is 0 Å². The van der Waals surface area contributed by atoms with Crippen molar-refractivity contribution in [2.75, 3.05) is 27.4 Å². The lowest BCUT2D eigenvalue weighted by Crippen LogP contribution is -2.38. The molecule has 2 aliphatic heterocycles. The van der Waals surface area contributed by atoms with Gasteiger partial charge in [-0.1, -0.05) is 6.07 Å². The van der Waals surface area contributed by atoms with Crippen molar-refractivity contribution in [2.24, 2.45) is 5.92 Å². The molecular formula is C16H23NO3. The highest BCUT2D eigenvalue weighted by Gasteiger charge is 2.33. The Morgan fingerprint density at radius 3 is 2.75 bits per heavy atom. The summed E-state index contributed by atoms with van der Waals surface area (Å²) in [6.45, 7) is 1.72. The molecular weight excluding hydrogens is 254 g/mol. The van der Waals surface area contributed by atoms with E-state index in [1.165, 1.54) is 5.56 Å². The minimum Gasteiger partial charge on any atom is -0.497 e. The van der Waals surface area contributed by atoms with Crippen LogP contribution in [0.25, 0.3) is 0 Å². The lowest BCUT2D eigenvalue weighted by molar-refractivity contribution is 0.00561. The molecule has 110 valence electrons. The number of fused-ring (bicyclic) bond motifs is 1. The van der Waals surface area contributed by atoms with Crippen molar-refractivity contribution in [3.05, 3.63) is 23.8 Å². The number of ether oxygens (including phenoxy) is 3. The standard InChI is InChI=1S/C16H23NO3/c1-17-14-10-15(11-5-7-19-8-6-11)20-16-9-12(18-2)3-4-13(14)16/h3-4,9,11,14-15,17H,5-8,10H2,1-2H3. The SMILES string of the molecule is CNC1CC(C2CCOCC2)Oc2cc(OC)ccc21. The molecule has 1 aromatic rings. The summed E-state index contributed by atoms with van der Waals surface area (Å²) in [6.07, 6.45) is 3.50. The molecule has 3 rings (SSSR count). The Morgan fingerprint density at radius 2 is 2.05 bits per heavy atom. The van der Waals surface area contributed by atoms with Gasteiger partial charge in [-0.2, -0.15) is 0 Å². The minimum absolute atomic E-state index is 0.274. The number of benzene rings is 1. The van der Waals surface area contributed by atoms with Gasteiger partial charge in [0.2, 0.25) is 0 Å². The third kappa shape index (κ3) is 2.63. The zero-order valence-corrected chi connectivity index (χ0v) is 12.2. The van der Waals surface area contributed by atoms with E-state index in [0.29, 0.717) is 12.0 Å². The van der Waals surface area contributed by atoms with Crippen LogP contribution in [0.1, 0.15) is 30.9 Å². The van der Waals surface area contributed by atoms with E-state index in [-0.39, 0.29) is 6.10 Å². The quantitative estimate of drug-likeness (QED) is 0.921. The van der Waals surface area contributed by atoms with Gasteiger partial charge in [-0.15, -0.1) is 0 Å². The summed E-state index contributed by atoms with van der Waals surface area (Å²) in [4.78, 5) is 0. The van der Waals surface area contributed by atoms with Crippen LogP contribution in [0.2, 0.25) is 0 Å². The predicted molar refractivity (Wildman–Crippen MR) is 77.4 cm³/mol. The highest BCUT2D eigenvalue weighted by molar-refractivity contribution is 5.44. The first-order valence-electron chi connectivity index (χ1n) is 7.41. The molecule has 0 bridgehead atoms. The molecule has 0 amide bonds. The van der Waals surface area contributed by atoms with Crippen molar-refractivity contribution in [3.63, 3.8) is 0 Å². The monoisotopic (exact) mass is 277 g/mol. The van der Waals surface area contributed by atoms with Crippen LogP contribution in [0.5, 0.6) is 11.5 Å². The number of hydrogen-bond donors (Lipinski definition) is 1. The highest BCUT2D eigenvalue weighted by Crippen LogP contribution is 2.40. The Hall–Kier alpha value is -1.26. The largest absolute Gasteiger partial charge is 0.497 e. The van der Waals surface area contributed by atoms with E-state index in [1.807, 2.05) is 19.2 Å². The van der Waals surface area contributed by atoms with Crippen LogP contribution in [0.4, 0.5) is 0 Å². The third-order valence-corrected chi connectivity index (χ3v) is 4.48. The Bertz CT molecular complexity index is 457. The van der Waals surface area contributed by atoms with Crippen LogP contribution in [0.15, 0.2) is 18.2 Å². The molecule has 1 fully saturated rings. The fourth-order valence-corrected chi connectivity index (χ4v) is 3.25. The zero-order valence-electron chi connectivity index (χ0n) is 12.2. The van der Waals surface area contributed by atoms with Gasteiger partial charge in [-0.05, 0) is 26.0 Å². The molecule has 2 aliphatic rings. The van der Waals surface area contributed by atoms with Gasteiger partial charge in [0.25, 0.3) is 0 Å². The third-order valence-electron chi connectivity index (χ3n) is 4.48. The molecule has 20 heavy (non-hydrogen) atoms. The maximum Gasteiger partial charge on any atom is 0.128 e. The summed E-state index contributed by atoms with van der Waals surface area (Å²) in [5.41, 5.74) is 1.23. The van der Waals surface area contributed by atoms with Crippen LogP contribution >= 0.6 is 0 Å². The summed E-state index contributed by atoms with van der Waals surface area (Å²) in [5, 5.41) is 3.41. The first-order valence-corrected chi connectivity index (χ1v) is 7.41. The van der Waals surface area contributed by atoms with Gasteiger partial charge in [0.05, 0.1) is 7.11 Å². The van der Waals surface area contributed by atoms with Gasteiger partial charge in [0.15, 0.2) is 0 Å². The molecule has 4 heteroatoms. The Kier molecular flexibility index (Phi) is 4.13. The second-order valence-corrected chi connectivity index (χ2v) is 5.59. The number of hydrogen-bond acceptors (Lipinski definition) is 4. The van der Waals surface area contributed by atoms with E-state index in [0.717, 1.165) is 44.0 Å². The zero-order chi connectivity index (χ0) is 13.9. The minimum atomic E-state index is 0.274. The second kappa shape index (κ2) is 6.02. The highest BCUT2D eigenvalue weighted by atomic mass is 16.5. The van der Waals surface area contributed by atoms with E-state index in [2.05, 4.69) is 11.4 Å². The van der Waals surface area contributed by atoms with Gasteiger partial charge in [-0.25, -0.2) is 0 Å². The van der Waals surface area contributed by atoms with Gasteiger partial charge in [-0.3, -0.25) is 0 Å². The van der Waals surface area contributed by atoms with E-state index in [4.69, 9.17) is 14.2 Å². The van der Waals surface area contributed by atoms with Crippen LogP contribution in [-0.2, 0) is 4.74 Å². The molecule has 0 aromatic heterocycles. The average Bonchev–Trinajstić information content (AvgIpc) is 2.54. The molecule has 0 aliphatic carbocycles. The van der Waals surface area contributed by atoms with Gasteiger partial charge in [0, 0.05) is 43.2 Å². The second-order valence-electron chi connectivity index (χ2n) is 5.59. The first-order chi connectivity index (χ1) is 9.81. The van der Waals surface area contributed by atoms with Gasteiger partial charge in [0.1, 0.15) is 17.6 Å². The molecule has 2 heterocycles. The van der Waals surface area contributed by atoms with E-state index < -0.39 is 0 Å². The molecule has 1 aromatic carbocycles. The molecule has 4 nitrogen and oxygen atoms in total. The molecule has 1 saturated heterocycles. The van der Waals surface area contributed by atoms with Gasteiger partial charge >= 0.3 is 0 Å². The van der Waals surface area contributed by atoms with Crippen LogP contribution < -0.4 is 14.8 Å². The van der Waals surface area contributed by atoms with Crippen molar-refractivity contribution in [2.45, 2.75) is 31.4 Å². The molecule has 2 unspecified atom stereocenters. The molecule has 0 saturated carbocycles.